The average molecular weight is 364 g/mol. The van der Waals surface area contributed by atoms with Gasteiger partial charge in [0.05, 0.1) is 0 Å². The quantitative estimate of drug-likeness (QED) is 0.694. The van der Waals surface area contributed by atoms with Crippen molar-refractivity contribution in [1.29, 1.82) is 0 Å². The summed E-state index contributed by atoms with van der Waals surface area (Å²) >= 11 is 2.28. The number of fused-ring (bicyclic) bond motifs is 1. The lowest BCUT2D eigenvalue weighted by atomic mass is 10.2. The van der Waals surface area contributed by atoms with Crippen LogP contribution in [0.1, 0.15) is 6.92 Å². The maximum atomic E-state index is 5.79. The zero-order valence-electron chi connectivity index (χ0n) is 10.5. The van der Waals surface area contributed by atoms with Crippen molar-refractivity contribution in [1.82, 2.24) is 4.98 Å². The molecule has 3 rings (SSSR count). The molecule has 0 saturated carbocycles. The van der Waals surface area contributed by atoms with Crippen LogP contribution in [-0.4, -0.2) is 11.5 Å². The van der Waals surface area contributed by atoms with Gasteiger partial charge in [0.25, 0.3) is 0 Å². The number of rotatable bonds is 3. The zero-order valence-corrected chi connectivity index (χ0v) is 12.6. The summed E-state index contributed by atoms with van der Waals surface area (Å²) in [6.07, 6.45) is 0. The second kappa shape index (κ2) is 5.21. The van der Waals surface area contributed by atoms with E-state index in [1.165, 1.54) is 3.57 Å². The predicted octanol–water partition coefficient (Wildman–Crippen LogP) is 4.53. The van der Waals surface area contributed by atoms with E-state index in [1.54, 1.807) is 0 Å². The maximum Gasteiger partial charge on any atom is 0.227 e. The highest BCUT2D eigenvalue weighted by Crippen LogP contribution is 2.26. The van der Waals surface area contributed by atoms with Crippen molar-refractivity contribution in [2.75, 3.05) is 11.9 Å². The third-order valence-corrected chi connectivity index (χ3v) is 3.58. The maximum absolute atomic E-state index is 5.79. The second-order valence-electron chi connectivity index (χ2n) is 4.24. The van der Waals surface area contributed by atoms with E-state index in [-0.39, 0.29) is 0 Å². The Morgan fingerprint density at radius 1 is 1.16 bits per heavy atom. The van der Waals surface area contributed by atoms with E-state index in [9.17, 15) is 0 Å². The molecule has 3 nitrogen and oxygen atoms in total. The van der Waals surface area contributed by atoms with Crippen molar-refractivity contribution < 1.29 is 4.42 Å². The molecule has 0 aliphatic carbocycles. The molecule has 1 N–H and O–H groups in total. The molecule has 0 aliphatic rings. The summed E-state index contributed by atoms with van der Waals surface area (Å²) in [5, 5.41) is 3.27. The van der Waals surface area contributed by atoms with Crippen molar-refractivity contribution in [2.24, 2.45) is 0 Å². The molecule has 0 unspecified atom stereocenters. The number of aromatic nitrogens is 1. The van der Waals surface area contributed by atoms with Gasteiger partial charge in [-0.15, -0.1) is 0 Å². The standard InChI is InChI=1S/C15H13IN2O/c1-2-17-12-7-8-14-13(9-12)18-15(19-14)10-3-5-11(16)6-4-10/h3-9,17H,2H2,1H3. The Morgan fingerprint density at radius 3 is 2.68 bits per heavy atom. The number of anilines is 1. The minimum absolute atomic E-state index is 0.667. The van der Waals surface area contributed by atoms with Gasteiger partial charge in [-0.25, -0.2) is 4.98 Å². The number of hydrogen-bond donors (Lipinski definition) is 1. The van der Waals surface area contributed by atoms with E-state index in [0.717, 1.165) is 28.9 Å². The summed E-state index contributed by atoms with van der Waals surface area (Å²) in [7, 11) is 0. The Hall–Kier alpha value is -1.56. The van der Waals surface area contributed by atoms with Gasteiger partial charge in [-0.2, -0.15) is 0 Å². The summed E-state index contributed by atoms with van der Waals surface area (Å²) in [5.41, 5.74) is 3.77. The van der Waals surface area contributed by atoms with Crippen LogP contribution in [0, 0.1) is 3.57 Å². The van der Waals surface area contributed by atoms with Crippen molar-refractivity contribution in [3.8, 4) is 11.5 Å². The summed E-state index contributed by atoms with van der Waals surface area (Å²) in [6, 6.07) is 14.1. The number of oxazole rings is 1. The number of nitrogens with zero attached hydrogens (tertiary/aromatic N) is 1. The largest absolute Gasteiger partial charge is 0.436 e. The summed E-state index contributed by atoms with van der Waals surface area (Å²) in [4.78, 5) is 4.55. The monoisotopic (exact) mass is 364 g/mol. The molecule has 0 atom stereocenters. The van der Waals surface area contributed by atoms with Crippen LogP contribution in [0.5, 0.6) is 0 Å². The molecule has 0 amide bonds. The summed E-state index contributed by atoms with van der Waals surface area (Å²) < 4.78 is 6.99. The van der Waals surface area contributed by atoms with E-state index < -0.39 is 0 Å². The van der Waals surface area contributed by atoms with Gasteiger partial charge in [0.15, 0.2) is 5.58 Å². The Bertz CT molecular complexity index is 704. The second-order valence-corrected chi connectivity index (χ2v) is 5.48. The van der Waals surface area contributed by atoms with Gasteiger partial charge in [0, 0.05) is 21.4 Å². The molecular weight excluding hydrogens is 351 g/mol. The highest BCUT2D eigenvalue weighted by Gasteiger charge is 2.08. The fourth-order valence-corrected chi connectivity index (χ4v) is 2.32. The minimum atomic E-state index is 0.667. The first-order valence-corrected chi connectivity index (χ1v) is 7.24. The first kappa shape index (κ1) is 12.5. The smallest absolute Gasteiger partial charge is 0.227 e. The number of nitrogens with one attached hydrogen (secondary N) is 1. The van der Waals surface area contributed by atoms with Gasteiger partial charge in [-0.1, -0.05) is 0 Å². The van der Waals surface area contributed by atoms with Crippen LogP contribution in [0.15, 0.2) is 46.9 Å². The molecule has 19 heavy (non-hydrogen) atoms. The lowest BCUT2D eigenvalue weighted by molar-refractivity contribution is 0.620. The molecule has 0 radical (unpaired) electrons. The predicted molar refractivity (Wildman–Crippen MR) is 86.3 cm³/mol. The molecule has 1 heterocycles. The van der Waals surface area contributed by atoms with Crippen LogP contribution in [0.3, 0.4) is 0 Å². The molecule has 0 aliphatic heterocycles. The molecule has 2 aromatic carbocycles. The van der Waals surface area contributed by atoms with E-state index in [0.29, 0.717) is 5.89 Å². The van der Waals surface area contributed by atoms with E-state index in [4.69, 9.17) is 4.42 Å². The lowest BCUT2D eigenvalue weighted by Gasteiger charge is -2.00. The van der Waals surface area contributed by atoms with Gasteiger partial charge in [-0.3, -0.25) is 0 Å². The molecule has 0 bridgehead atoms. The summed E-state index contributed by atoms with van der Waals surface area (Å²) in [6.45, 7) is 2.97. The van der Waals surface area contributed by atoms with Crippen LogP contribution in [0.4, 0.5) is 5.69 Å². The van der Waals surface area contributed by atoms with E-state index >= 15 is 0 Å². The molecule has 3 aromatic rings. The molecular formula is C15H13IN2O. The lowest BCUT2D eigenvalue weighted by Crippen LogP contribution is -1.95. The van der Waals surface area contributed by atoms with Gasteiger partial charge >= 0.3 is 0 Å². The fourth-order valence-electron chi connectivity index (χ4n) is 1.96. The highest BCUT2D eigenvalue weighted by molar-refractivity contribution is 14.1. The van der Waals surface area contributed by atoms with Crippen molar-refractivity contribution in [3.63, 3.8) is 0 Å². The highest BCUT2D eigenvalue weighted by atomic mass is 127. The number of benzene rings is 2. The topological polar surface area (TPSA) is 38.1 Å². The first-order valence-electron chi connectivity index (χ1n) is 6.16. The summed E-state index contributed by atoms with van der Waals surface area (Å²) in [5.74, 6) is 0.667. The Labute approximate surface area is 125 Å². The SMILES string of the molecule is CCNc1ccc2oc(-c3ccc(I)cc3)nc2c1. The van der Waals surface area contributed by atoms with Crippen LogP contribution in [-0.2, 0) is 0 Å². The zero-order chi connectivity index (χ0) is 13.2. The molecule has 4 heteroatoms. The van der Waals surface area contributed by atoms with E-state index in [2.05, 4.69) is 51.9 Å². The molecule has 0 saturated heterocycles. The third-order valence-electron chi connectivity index (χ3n) is 2.86. The Morgan fingerprint density at radius 2 is 1.95 bits per heavy atom. The van der Waals surface area contributed by atoms with Gasteiger partial charge in [-0.05, 0) is 72.0 Å². The normalized spacial score (nSPS) is 10.8. The van der Waals surface area contributed by atoms with Crippen LogP contribution >= 0.6 is 22.6 Å². The average Bonchev–Trinajstić information content (AvgIpc) is 2.83. The Balaban J connectivity index is 2.03. The van der Waals surface area contributed by atoms with E-state index in [1.807, 2.05) is 30.3 Å². The molecule has 0 spiro atoms. The van der Waals surface area contributed by atoms with Crippen molar-refractivity contribution in [2.45, 2.75) is 6.92 Å². The first-order chi connectivity index (χ1) is 9.26. The van der Waals surface area contributed by atoms with Gasteiger partial charge < -0.3 is 9.73 Å². The van der Waals surface area contributed by atoms with Crippen molar-refractivity contribution >= 4 is 39.4 Å². The van der Waals surface area contributed by atoms with Crippen LogP contribution < -0.4 is 5.32 Å². The fraction of sp³-hybridized carbons (Fsp3) is 0.133. The minimum Gasteiger partial charge on any atom is -0.436 e. The van der Waals surface area contributed by atoms with Crippen LogP contribution in [0.2, 0.25) is 0 Å². The van der Waals surface area contributed by atoms with Crippen molar-refractivity contribution in [3.05, 3.63) is 46.0 Å². The van der Waals surface area contributed by atoms with Crippen LogP contribution in [0.25, 0.3) is 22.6 Å². The van der Waals surface area contributed by atoms with Gasteiger partial charge in [0.2, 0.25) is 5.89 Å². The Kier molecular flexibility index (Phi) is 3.42. The molecule has 96 valence electrons. The number of hydrogen-bond acceptors (Lipinski definition) is 3. The number of halogens is 1. The third kappa shape index (κ3) is 2.58. The molecule has 1 aromatic heterocycles. The van der Waals surface area contributed by atoms with Gasteiger partial charge in [0.1, 0.15) is 5.52 Å². The molecule has 0 fully saturated rings.